The molecule has 24 heavy (non-hydrogen) atoms. The van der Waals surface area contributed by atoms with Gasteiger partial charge in [0, 0.05) is 12.0 Å². The second-order valence-corrected chi connectivity index (χ2v) is 6.68. The molecule has 1 aliphatic heterocycles. The van der Waals surface area contributed by atoms with E-state index in [4.69, 9.17) is 9.47 Å². The average Bonchev–Trinajstić information content (AvgIpc) is 2.46. The predicted octanol–water partition coefficient (Wildman–Crippen LogP) is 2.59. The van der Waals surface area contributed by atoms with E-state index in [1.165, 1.54) is 6.07 Å². The first-order valence-corrected chi connectivity index (χ1v) is 8.41. The summed E-state index contributed by atoms with van der Waals surface area (Å²) in [6.07, 6.45) is 0. The Morgan fingerprint density at radius 3 is 2.62 bits per heavy atom. The molecule has 0 saturated heterocycles. The van der Waals surface area contributed by atoms with Crippen LogP contribution in [-0.4, -0.2) is 33.1 Å². The Labute approximate surface area is 136 Å². The Hall–Kier alpha value is -1.97. The number of halogens is 3. The fourth-order valence-corrected chi connectivity index (χ4v) is 2.76. The van der Waals surface area contributed by atoms with Crippen LogP contribution in [0.15, 0.2) is 18.2 Å². The molecule has 0 saturated carbocycles. The Bertz CT molecular complexity index is 729. The average molecular weight is 368 g/mol. The second kappa shape index (κ2) is 6.50. The molecule has 0 aromatic heterocycles. The van der Waals surface area contributed by atoms with Crippen molar-refractivity contribution in [1.29, 1.82) is 0 Å². The maximum Gasteiger partial charge on any atom is 0.534 e. The third kappa shape index (κ3) is 3.58. The van der Waals surface area contributed by atoms with E-state index >= 15 is 0 Å². The van der Waals surface area contributed by atoms with Crippen LogP contribution in [0, 0.1) is 5.92 Å². The van der Waals surface area contributed by atoms with Crippen molar-refractivity contribution in [3.8, 4) is 11.5 Å². The lowest BCUT2D eigenvalue weighted by Gasteiger charge is -2.30. The van der Waals surface area contributed by atoms with Gasteiger partial charge in [0.1, 0.15) is 18.1 Å². The van der Waals surface area contributed by atoms with Gasteiger partial charge in [0.05, 0.1) is 12.5 Å². The molecule has 1 aliphatic rings. The van der Waals surface area contributed by atoms with Crippen molar-refractivity contribution in [3.05, 3.63) is 23.8 Å². The first kappa shape index (κ1) is 18.4. The van der Waals surface area contributed by atoms with Crippen LogP contribution >= 0.6 is 0 Å². The van der Waals surface area contributed by atoms with Crippen LogP contribution in [0.3, 0.4) is 0 Å². The molecule has 10 heteroatoms. The standard InChI is InChI=1S/C14H15F3O6S/c1-3-21-13(18)11-7-22-12-6-9(4-5-10(12)8(11)2)23-24(19,20)14(15,16)17/h4-6,8,11H,3,7H2,1-2H3/t8-,11+/m0/s1. The fourth-order valence-electron chi connectivity index (χ4n) is 2.30. The zero-order chi connectivity index (χ0) is 18.1. The van der Waals surface area contributed by atoms with E-state index in [2.05, 4.69) is 4.18 Å². The summed E-state index contributed by atoms with van der Waals surface area (Å²) in [5.41, 5.74) is -4.97. The van der Waals surface area contributed by atoms with Gasteiger partial charge >= 0.3 is 21.6 Å². The van der Waals surface area contributed by atoms with Crippen molar-refractivity contribution in [1.82, 2.24) is 0 Å². The van der Waals surface area contributed by atoms with Crippen LogP contribution in [0.4, 0.5) is 13.2 Å². The van der Waals surface area contributed by atoms with Crippen LogP contribution in [0.5, 0.6) is 11.5 Å². The summed E-state index contributed by atoms with van der Waals surface area (Å²) in [4.78, 5) is 11.9. The van der Waals surface area contributed by atoms with E-state index < -0.39 is 33.3 Å². The molecule has 0 spiro atoms. The van der Waals surface area contributed by atoms with Crippen molar-refractivity contribution in [3.63, 3.8) is 0 Å². The number of alkyl halides is 3. The highest BCUT2D eigenvalue weighted by molar-refractivity contribution is 7.88. The zero-order valence-corrected chi connectivity index (χ0v) is 13.6. The number of benzene rings is 1. The van der Waals surface area contributed by atoms with Gasteiger partial charge in [0.2, 0.25) is 0 Å². The second-order valence-electron chi connectivity index (χ2n) is 5.14. The fraction of sp³-hybridized carbons (Fsp3) is 0.500. The summed E-state index contributed by atoms with van der Waals surface area (Å²) in [6.45, 7) is 3.61. The SMILES string of the molecule is CCOC(=O)[C@@H]1COc2cc(OS(=O)(=O)C(F)(F)F)ccc2[C@@H]1C. The van der Waals surface area contributed by atoms with Crippen molar-refractivity contribution in [2.45, 2.75) is 25.3 Å². The number of rotatable bonds is 4. The third-order valence-corrected chi connectivity index (χ3v) is 4.56. The number of hydrogen-bond donors (Lipinski definition) is 0. The Morgan fingerprint density at radius 2 is 2.04 bits per heavy atom. The van der Waals surface area contributed by atoms with Gasteiger partial charge in [-0.3, -0.25) is 4.79 Å². The largest absolute Gasteiger partial charge is 0.534 e. The highest BCUT2D eigenvalue weighted by Gasteiger charge is 2.48. The molecule has 1 heterocycles. The van der Waals surface area contributed by atoms with Gasteiger partial charge in [-0.1, -0.05) is 13.0 Å². The summed E-state index contributed by atoms with van der Waals surface area (Å²) in [5.74, 6) is -1.65. The molecule has 0 aliphatic carbocycles. The molecule has 0 N–H and O–H groups in total. The van der Waals surface area contributed by atoms with E-state index in [1.807, 2.05) is 0 Å². The first-order chi connectivity index (χ1) is 11.1. The molecule has 6 nitrogen and oxygen atoms in total. The van der Waals surface area contributed by atoms with E-state index in [9.17, 15) is 26.4 Å². The maximum absolute atomic E-state index is 12.3. The Morgan fingerprint density at radius 1 is 1.38 bits per heavy atom. The molecule has 1 aromatic carbocycles. The third-order valence-electron chi connectivity index (χ3n) is 3.58. The summed E-state index contributed by atoms with van der Waals surface area (Å²) >= 11 is 0. The summed E-state index contributed by atoms with van der Waals surface area (Å²) in [6, 6.07) is 3.50. The summed E-state index contributed by atoms with van der Waals surface area (Å²) in [7, 11) is -5.75. The molecule has 0 radical (unpaired) electrons. The van der Waals surface area contributed by atoms with Crippen LogP contribution in [-0.2, 0) is 19.6 Å². The lowest BCUT2D eigenvalue weighted by molar-refractivity contribution is -0.150. The van der Waals surface area contributed by atoms with Gasteiger partial charge in [-0.25, -0.2) is 0 Å². The number of carbonyl (C=O) groups is 1. The van der Waals surface area contributed by atoms with E-state index in [1.54, 1.807) is 13.8 Å². The van der Waals surface area contributed by atoms with Crippen LogP contribution < -0.4 is 8.92 Å². The van der Waals surface area contributed by atoms with Crippen molar-refractivity contribution < 1.29 is 40.0 Å². The monoisotopic (exact) mass is 368 g/mol. The molecule has 134 valence electrons. The van der Waals surface area contributed by atoms with E-state index in [0.29, 0.717) is 5.56 Å². The quantitative estimate of drug-likeness (QED) is 0.462. The highest BCUT2D eigenvalue weighted by atomic mass is 32.2. The van der Waals surface area contributed by atoms with Crippen molar-refractivity contribution in [2.24, 2.45) is 5.92 Å². The van der Waals surface area contributed by atoms with E-state index in [0.717, 1.165) is 12.1 Å². The minimum atomic E-state index is -5.75. The molecule has 0 fully saturated rings. The molecular weight excluding hydrogens is 353 g/mol. The van der Waals surface area contributed by atoms with Gasteiger partial charge in [0.15, 0.2) is 0 Å². The van der Waals surface area contributed by atoms with Gasteiger partial charge in [-0.2, -0.15) is 21.6 Å². The highest BCUT2D eigenvalue weighted by Crippen LogP contribution is 2.40. The van der Waals surface area contributed by atoms with Crippen molar-refractivity contribution in [2.75, 3.05) is 13.2 Å². The Balaban J connectivity index is 2.24. The normalized spacial score (nSPS) is 20.7. The van der Waals surface area contributed by atoms with Crippen LogP contribution in [0.1, 0.15) is 25.3 Å². The molecule has 2 rings (SSSR count). The molecule has 0 amide bonds. The molecule has 1 aromatic rings. The number of ether oxygens (including phenoxy) is 2. The van der Waals surface area contributed by atoms with Gasteiger partial charge in [-0.15, -0.1) is 0 Å². The Kier molecular flexibility index (Phi) is 4.97. The van der Waals surface area contributed by atoms with Gasteiger partial charge < -0.3 is 13.7 Å². The van der Waals surface area contributed by atoms with Crippen LogP contribution in [0.25, 0.3) is 0 Å². The molecule has 2 atom stereocenters. The van der Waals surface area contributed by atoms with E-state index in [-0.39, 0.29) is 24.9 Å². The molecule has 0 bridgehead atoms. The number of hydrogen-bond acceptors (Lipinski definition) is 6. The lowest BCUT2D eigenvalue weighted by atomic mass is 9.85. The zero-order valence-electron chi connectivity index (χ0n) is 12.8. The minimum absolute atomic E-state index is 0.0253. The molecular formula is C14H15F3O6S. The van der Waals surface area contributed by atoms with Gasteiger partial charge in [0.25, 0.3) is 0 Å². The van der Waals surface area contributed by atoms with Gasteiger partial charge in [-0.05, 0) is 18.6 Å². The first-order valence-electron chi connectivity index (χ1n) is 7.01. The molecule has 0 unspecified atom stereocenters. The summed E-state index contributed by atoms with van der Waals surface area (Å²) < 4.78 is 73.4. The lowest BCUT2D eigenvalue weighted by Crippen LogP contribution is -2.32. The summed E-state index contributed by atoms with van der Waals surface area (Å²) in [5, 5.41) is 0. The van der Waals surface area contributed by atoms with Crippen LogP contribution in [0.2, 0.25) is 0 Å². The predicted molar refractivity (Wildman–Crippen MR) is 76.1 cm³/mol. The maximum atomic E-state index is 12.3. The topological polar surface area (TPSA) is 78.9 Å². The minimum Gasteiger partial charge on any atom is -0.492 e. The number of fused-ring (bicyclic) bond motifs is 1. The number of esters is 1. The van der Waals surface area contributed by atoms with Crippen molar-refractivity contribution >= 4 is 16.1 Å². The number of carbonyl (C=O) groups excluding carboxylic acids is 1. The smallest absolute Gasteiger partial charge is 0.492 e.